The second kappa shape index (κ2) is 8.86. The fourth-order valence-corrected chi connectivity index (χ4v) is 3.01. The minimum atomic E-state index is -0.555. The summed E-state index contributed by atoms with van der Waals surface area (Å²) in [6.07, 6.45) is 0. The molecule has 0 fully saturated rings. The molecule has 0 aliphatic carbocycles. The summed E-state index contributed by atoms with van der Waals surface area (Å²) in [5.74, 6) is 0.108. The van der Waals surface area contributed by atoms with Gasteiger partial charge in [-0.3, -0.25) is 10.1 Å². The maximum atomic E-state index is 12.9. The van der Waals surface area contributed by atoms with Crippen molar-refractivity contribution in [2.75, 3.05) is 0 Å². The Bertz CT molecular complexity index is 783. The van der Waals surface area contributed by atoms with Crippen molar-refractivity contribution in [1.29, 1.82) is 0 Å². The molecule has 132 valence electrons. The van der Waals surface area contributed by atoms with E-state index < -0.39 is 17.3 Å². The van der Waals surface area contributed by atoms with Crippen molar-refractivity contribution in [1.82, 2.24) is 0 Å². The van der Waals surface area contributed by atoms with E-state index in [0.717, 1.165) is 11.8 Å². The zero-order chi connectivity index (χ0) is 18.4. The zero-order valence-electron chi connectivity index (χ0n) is 12.8. The fraction of sp³-hybridized carbons (Fsp3) is 0.188. The molecule has 2 N–H and O–H groups in total. The maximum absolute atomic E-state index is 12.9. The van der Waals surface area contributed by atoms with Gasteiger partial charge in [0.15, 0.2) is 0 Å². The van der Waals surface area contributed by atoms with Crippen LogP contribution < -0.4 is 4.74 Å². The van der Waals surface area contributed by atoms with Crippen LogP contribution in [0.2, 0.25) is 0 Å². The Balaban J connectivity index is 2.11. The van der Waals surface area contributed by atoms with E-state index in [0.29, 0.717) is 22.4 Å². The zero-order valence-corrected chi connectivity index (χ0v) is 14.5. The summed E-state index contributed by atoms with van der Waals surface area (Å²) in [4.78, 5) is 10.7. The van der Waals surface area contributed by atoms with Gasteiger partial charge < -0.3 is 14.9 Å². The first-order valence-corrected chi connectivity index (χ1v) is 8.45. The van der Waals surface area contributed by atoms with Crippen molar-refractivity contribution < 1.29 is 24.3 Å². The van der Waals surface area contributed by atoms with Gasteiger partial charge in [-0.05, 0) is 53.7 Å². The number of rotatable bonds is 6. The Morgan fingerprint density at radius 3 is 2.32 bits per heavy atom. The number of aliphatic hydroxyl groups excluding tert-OH is 2. The number of thioether (sulfide) groups is 1. The highest BCUT2D eigenvalue weighted by Gasteiger charge is 2.18. The highest BCUT2D eigenvalue weighted by molar-refractivity contribution is 8.22. The van der Waals surface area contributed by atoms with Crippen LogP contribution in [0.1, 0.15) is 16.7 Å². The number of halogens is 1. The quantitative estimate of drug-likeness (QED) is 0.449. The van der Waals surface area contributed by atoms with Crippen molar-refractivity contribution in [2.45, 2.75) is 19.0 Å². The summed E-state index contributed by atoms with van der Waals surface area (Å²) in [5.41, 5.74) is 0.891. The van der Waals surface area contributed by atoms with Crippen molar-refractivity contribution in [3.8, 4) is 5.75 Å². The lowest BCUT2D eigenvalue weighted by molar-refractivity contribution is -0.385. The number of hydrogen-bond acceptors (Lipinski definition) is 7. The van der Waals surface area contributed by atoms with E-state index in [1.54, 1.807) is 0 Å². The van der Waals surface area contributed by atoms with Gasteiger partial charge in [-0.1, -0.05) is 11.8 Å². The largest absolute Gasteiger partial charge is 0.440 e. The maximum Gasteiger partial charge on any atom is 0.273 e. The number of nitro groups is 1. The minimum Gasteiger partial charge on any atom is -0.440 e. The van der Waals surface area contributed by atoms with Gasteiger partial charge in [0.05, 0.1) is 18.1 Å². The molecular weight excluding hydrogens is 369 g/mol. The van der Waals surface area contributed by atoms with Crippen LogP contribution in [0.4, 0.5) is 10.1 Å². The number of hydrogen-bond donors (Lipinski definition) is 2. The van der Waals surface area contributed by atoms with E-state index in [4.69, 9.17) is 17.0 Å². The molecule has 0 aromatic heterocycles. The fourth-order valence-electron chi connectivity index (χ4n) is 2.07. The first-order valence-electron chi connectivity index (χ1n) is 7.05. The molecule has 0 unspecified atom stereocenters. The molecule has 0 bridgehead atoms. The van der Waals surface area contributed by atoms with E-state index in [-0.39, 0.29) is 22.4 Å². The summed E-state index contributed by atoms with van der Waals surface area (Å²) < 4.78 is 18.3. The average molecular weight is 383 g/mol. The molecule has 2 aromatic carbocycles. The standard InChI is InChI=1S/C16H14FNO5S2/c17-13-1-3-14(4-2-13)23-16(24)25-9-12-5-10(7-19)11(8-20)6-15(12)18(21)22/h1-6,19-20H,7-9H2. The predicted octanol–water partition coefficient (Wildman–Crippen LogP) is 3.32. The summed E-state index contributed by atoms with van der Waals surface area (Å²) in [7, 11) is 0. The van der Waals surface area contributed by atoms with Crippen LogP contribution in [0.5, 0.6) is 5.75 Å². The van der Waals surface area contributed by atoms with Gasteiger partial charge in [0.1, 0.15) is 11.6 Å². The number of thiocarbonyl (C=S) groups is 1. The van der Waals surface area contributed by atoms with Crippen LogP contribution in [-0.2, 0) is 19.0 Å². The monoisotopic (exact) mass is 383 g/mol. The third-order valence-corrected chi connectivity index (χ3v) is 4.51. The Morgan fingerprint density at radius 2 is 1.76 bits per heavy atom. The number of nitro benzene ring substituents is 1. The van der Waals surface area contributed by atoms with E-state index >= 15 is 0 Å². The molecule has 0 spiro atoms. The normalized spacial score (nSPS) is 10.5. The Hall–Kier alpha value is -2.07. The van der Waals surface area contributed by atoms with Gasteiger partial charge in [-0.25, -0.2) is 4.39 Å². The molecule has 9 heteroatoms. The Labute approximate surface area is 152 Å². The van der Waals surface area contributed by atoms with E-state index in [2.05, 4.69) is 0 Å². The van der Waals surface area contributed by atoms with Crippen LogP contribution in [0.25, 0.3) is 0 Å². The molecule has 25 heavy (non-hydrogen) atoms. The molecule has 0 radical (unpaired) electrons. The van der Waals surface area contributed by atoms with Crippen LogP contribution in [0.15, 0.2) is 36.4 Å². The third-order valence-electron chi connectivity index (χ3n) is 3.30. The smallest absolute Gasteiger partial charge is 0.273 e. The number of ether oxygens (including phenoxy) is 1. The van der Waals surface area contributed by atoms with Crippen LogP contribution in [0, 0.1) is 15.9 Å². The molecule has 0 atom stereocenters. The first kappa shape index (κ1) is 19.3. The Morgan fingerprint density at radius 1 is 1.16 bits per heavy atom. The second-order valence-electron chi connectivity index (χ2n) is 4.92. The molecule has 6 nitrogen and oxygen atoms in total. The summed E-state index contributed by atoms with van der Waals surface area (Å²) in [6, 6.07) is 8.01. The molecule has 0 amide bonds. The highest BCUT2D eigenvalue weighted by Crippen LogP contribution is 2.29. The summed E-state index contributed by atoms with van der Waals surface area (Å²) >= 11 is 6.13. The molecule has 0 saturated carbocycles. The average Bonchev–Trinajstić information content (AvgIpc) is 2.60. The first-order chi connectivity index (χ1) is 11.9. The van der Waals surface area contributed by atoms with Gasteiger partial charge in [0, 0.05) is 17.4 Å². The van der Waals surface area contributed by atoms with Gasteiger partial charge in [-0.15, -0.1) is 0 Å². The molecule has 0 saturated heterocycles. The van der Waals surface area contributed by atoms with E-state index in [9.17, 15) is 24.7 Å². The summed E-state index contributed by atoms with van der Waals surface area (Å²) in [5, 5.41) is 29.8. The van der Waals surface area contributed by atoms with Crippen molar-refractivity contribution in [3.05, 3.63) is 69.0 Å². The third kappa shape index (κ3) is 5.20. The molecule has 0 aliphatic heterocycles. The molecule has 0 heterocycles. The van der Waals surface area contributed by atoms with Gasteiger partial charge in [0.2, 0.25) is 4.38 Å². The topological polar surface area (TPSA) is 92.8 Å². The number of benzene rings is 2. The molecule has 0 aliphatic rings. The Kier molecular flexibility index (Phi) is 6.82. The van der Waals surface area contributed by atoms with E-state index in [1.165, 1.54) is 36.4 Å². The minimum absolute atomic E-state index is 0.123. The molecule has 2 rings (SSSR count). The van der Waals surface area contributed by atoms with Crippen molar-refractivity contribution >= 4 is 34.0 Å². The number of aliphatic hydroxyl groups is 2. The van der Waals surface area contributed by atoms with Crippen LogP contribution in [0.3, 0.4) is 0 Å². The second-order valence-corrected chi connectivity index (χ2v) is 6.49. The van der Waals surface area contributed by atoms with Gasteiger partial charge in [0.25, 0.3) is 5.69 Å². The van der Waals surface area contributed by atoms with Crippen molar-refractivity contribution in [3.63, 3.8) is 0 Å². The molecular formula is C16H14FNO5S2. The molecule has 2 aromatic rings. The van der Waals surface area contributed by atoms with Crippen LogP contribution in [-0.4, -0.2) is 19.5 Å². The highest BCUT2D eigenvalue weighted by atomic mass is 32.2. The predicted molar refractivity (Wildman–Crippen MR) is 95.9 cm³/mol. The lowest BCUT2D eigenvalue weighted by Gasteiger charge is -2.10. The summed E-state index contributed by atoms with van der Waals surface area (Å²) in [6.45, 7) is -0.752. The van der Waals surface area contributed by atoms with Gasteiger partial charge >= 0.3 is 0 Å². The van der Waals surface area contributed by atoms with E-state index in [1.807, 2.05) is 0 Å². The van der Waals surface area contributed by atoms with Crippen LogP contribution >= 0.6 is 24.0 Å². The van der Waals surface area contributed by atoms with Crippen molar-refractivity contribution in [2.24, 2.45) is 0 Å². The lowest BCUT2D eigenvalue weighted by Crippen LogP contribution is -2.04. The lowest BCUT2D eigenvalue weighted by atomic mass is 10.0. The SMILES string of the molecule is O=[N+]([O-])c1cc(CO)c(CO)cc1CSC(=S)Oc1ccc(F)cc1. The number of nitrogens with zero attached hydrogens (tertiary/aromatic N) is 1. The van der Waals surface area contributed by atoms with Gasteiger partial charge in [-0.2, -0.15) is 0 Å².